The third kappa shape index (κ3) is 2.52. The summed E-state index contributed by atoms with van der Waals surface area (Å²) < 4.78 is 5.36. The van der Waals surface area contributed by atoms with E-state index in [1.54, 1.807) is 6.08 Å². The van der Waals surface area contributed by atoms with Crippen LogP contribution in [0.1, 0.15) is 34.6 Å². The molecular formula is C13H21NO2. The zero-order chi connectivity index (χ0) is 12.6. The average molecular weight is 223 g/mol. The zero-order valence-corrected chi connectivity index (χ0v) is 10.8. The number of nitrogens with zero attached hydrogens (tertiary/aromatic N) is 1. The second-order valence-electron chi connectivity index (χ2n) is 5.63. The molecule has 0 saturated carbocycles. The number of ether oxygens (including phenoxy) is 1. The Kier molecular flexibility index (Phi) is 3.27. The first-order valence-electron chi connectivity index (χ1n) is 5.60. The van der Waals surface area contributed by atoms with Gasteiger partial charge in [-0.15, -0.1) is 6.58 Å². The molecule has 3 nitrogen and oxygen atoms in total. The molecule has 0 aliphatic carbocycles. The predicted molar refractivity (Wildman–Crippen MR) is 65.6 cm³/mol. The summed E-state index contributed by atoms with van der Waals surface area (Å²) in [5.41, 5.74) is -0.515. The Morgan fingerprint density at radius 2 is 2.19 bits per heavy atom. The minimum absolute atomic E-state index is 0.0320. The Morgan fingerprint density at radius 3 is 2.56 bits per heavy atom. The molecule has 0 fully saturated rings. The highest BCUT2D eigenvalue weighted by molar-refractivity contribution is 6.37. The van der Waals surface area contributed by atoms with E-state index >= 15 is 0 Å². The van der Waals surface area contributed by atoms with Crippen molar-refractivity contribution in [2.75, 3.05) is 6.61 Å². The lowest BCUT2D eigenvalue weighted by molar-refractivity contribution is -0.119. The van der Waals surface area contributed by atoms with Crippen molar-refractivity contribution in [1.82, 2.24) is 0 Å². The molecule has 16 heavy (non-hydrogen) atoms. The molecule has 1 aliphatic heterocycles. The molecule has 0 N–H and O–H groups in total. The summed E-state index contributed by atoms with van der Waals surface area (Å²) in [4.78, 5) is 16.4. The van der Waals surface area contributed by atoms with E-state index in [0.717, 1.165) is 0 Å². The summed E-state index contributed by atoms with van der Waals surface area (Å²) in [5, 5.41) is 0. The van der Waals surface area contributed by atoms with Gasteiger partial charge in [0.1, 0.15) is 6.61 Å². The molecule has 0 radical (unpaired) electrons. The fourth-order valence-corrected chi connectivity index (χ4v) is 1.41. The normalized spacial score (nSPS) is 20.9. The van der Waals surface area contributed by atoms with Crippen molar-refractivity contribution in [3.63, 3.8) is 0 Å². The maximum atomic E-state index is 12.1. The largest absolute Gasteiger partial charge is 0.473 e. The Morgan fingerprint density at radius 1 is 1.62 bits per heavy atom. The monoisotopic (exact) mass is 223 g/mol. The minimum Gasteiger partial charge on any atom is -0.473 e. The minimum atomic E-state index is -0.275. The second kappa shape index (κ2) is 4.04. The lowest BCUT2D eigenvalue weighted by Crippen LogP contribution is -2.32. The van der Waals surface area contributed by atoms with Crippen molar-refractivity contribution >= 4 is 11.7 Å². The molecule has 1 atom stereocenters. The topological polar surface area (TPSA) is 38.7 Å². The van der Waals surface area contributed by atoms with Crippen LogP contribution in [0.4, 0.5) is 0 Å². The van der Waals surface area contributed by atoms with Gasteiger partial charge in [-0.3, -0.25) is 4.79 Å². The van der Waals surface area contributed by atoms with Gasteiger partial charge >= 0.3 is 0 Å². The molecule has 1 heterocycles. The first-order chi connectivity index (χ1) is 7.19. The molecule has 0 unspecified atom stereocenters. The van der Waals surface area contributed by atoms with Crippen LogP contribution < -0.4 is 0 Å². The number of allylic oxidation sites excluding steroid dienone is 1. The highest BCUT2D eigenvalue weighted by Crippen LogP contribution is 2.30. The highest BCUT2D eigenvalue weighted by atomic mass is 16.5. The van der Waals surface area contributed by atoms with Gasteiger partial charge in [-0.2, -0.15) is 0 Å². The molecule has 0 aromatic rings. The van der Waals surface area contributed by atoms with Crippen molar-refractivity contribution < 1.29 is 9.53 Å². The number of hydrogen-bond acceptors (Lipinski definition) is 3. The Bertz CT molecular complexity index is 340. The van der Waals surface area contributed by atoms with Crippen LogP contribution in [0.15, 0.2) is 17.6 Å². The Balaban J connectivity index is 2.85. The number of aliphatic imine (C=N–C) groups is 1. The van der Waals surface area contributed by atoms with Crippen LogP contribution in [-0.2, 0) is 9.53 Å². The first-order valence-corrected chi connectivity index (χ1v) is 5.60. The molecule has 0 aromatic carbocycles. The van der Waals surface area contributed by atoms with Crippen LogP contribution in [0.5, 0.6) is 0 Å². The third-order valence-electron chi connectivity index (χ3n) is 3.21. The summed E-state index contributed by atoms with van der Waals surface area (Å²) in [5.74, 6) is 0.0700. The van der Waals surface area contributed by atoms with Crippen LogP contribution in [0.25, 0.3) is 0 Å². The van der Waals surface area contributed by atoms with Crippen LogP contribution in [-0.4, -0.2) is 23.8 Å². The molecule has 0 spiro atoms. The number of carbonyl (C=O) groups excluding carboxylic acids is 1. The molecule has 3 heteroatoms. The summed E-state index contributed by atoms with van der Waals surface area (Å²) in [6.07, 6.45) is 1.80. The van der Waals surface area contributed by atoms with E-state index in [9.17, 15) is 4.79 Å². The number of hydrogen-bond donors (Lipinski definition) is 0. The van der Waals surface area contributed by atoms with Crippen molar-refractivity contribution in [3.8, 4) is 0 Å². The van der Waals surface area contributed by atoms with Crippen LogP contribution >= 0.6 is 0 Å². The predicted octanol–water partition coefficient (Wildman–Crippen LogP) is 2.61. The van der Waals surface area contributed by atoms with E-state index in [2.05, 4.69) is 11.6 Å². The van der Waals surface area contributed by atoms with Crippen molar-refractivity contribution in [2.45, 2.75) is 40.2 Å². The van der Waals surface area contributed by atoms with Gasteiger partial charge < -0.3 is 4.74 Å². The fraction of sp³-hybridized carbons (Fsp3) is 0.692. The number of Topliss-reactive ketones (excluding diaryl/α,β-unsaturated/α-hetero) is 1. The quantitative estimate of drug-likeness (QED) is 0.687. The molecule has 0 bridgehead atoms. The second-order valence-corrected chi connectivity index (χ2v) is 5.63. The maximum Gasteiger partial charge on any atom is 0.254 e. The van der Waals surface area contributed by atoms with Gasteiger partial charge in [0.15, 0.2) is 0 Å². The first kappa shape index (κ1) is 12.9. The Hall–Kier alpha value is -1.12. The van der Waals surface area contributed by atoms with E-state index in [0.29, 0.717) is 6.61 Å². The van der Waals surface area contributed by atoms with Gasteiger partial charge in [0.05, 0.1) is 5.54 Å². The zero-order valence-electron chi connectivity index (χ0n) is 10.8. The smallest absolute Gasteiger partial charge is 0.254 e. The number of ketones is 1. The van der Waals surface area contributed by atoms with Gasteiger partial charge in [0.25, 0.3) is 5.90 Å². The lowest BCUT2D eigenvalue weighted by Gasteiger charge is -2.26. The molecule has 90 valence electrons. The molecule has 0 saturated heterocycles. The van der Waals surface area contributed by atoms with Gasteiger partial charge in [0, 0.05) is 5.92 Å². The van der Waals surface area contributed by atoms with Gasteiger partial charge in [0.2, 0.25) is 5.78 Å². The number of rotatable bonds is 4. The van der Waals surface area contributed by atoms with Crippen LogP contribution in [0.2, 0.25) is 0 Å². The molecule has 1 rings (SSSR count). The standard InChI is InChI=1S/C13H21NO2/c1-7-12(3,4)9(2)10(15)11-14-13(5,6)8-16-11/h7,9H,1,8H2,2-6H3/t9-/m0/s1. The highest BCUT2D eigenvalue weighted by Gasteiger charge is 2.36. The summed E-state index contributed by atoms with van der Waals surface area (Å²) in [6, 6.07) is 0. The van der Waals surface area contributed by atoms with E-state index < -0.39 is 0 Å². The summed E-state index contributed by atoms with van der Waals surface area (Å²) in [6.45, 7) is 14.0. The van der Waals surface area contributed by atoms with Crippen molar-refractivity contribution in [2.24, 2.45) is 16.3 Å². The average Bonchev–Trinajstić information content (AvgIpc) is 2.56. The van der Waals surface area contributed by atoms with E-state index in [-0.39, 0.29) is 28.6 Å². The van der Waals surface area contributed by atoms with E-state index in [1.165, 1.54) is 0 Å². The summed E-state index contributed by atoms with van der Waals surface area (Å²) in [7, 11) is 0. The van der Waals surface area contributed by atoms with E-state index in [4.69, 9.17) is 4.74 Å². The van der Waals surface area contributed by atoms with Gasteiger partial charge in [-0.25, -0.2) is 4.99 Å². The van der Waals surface area contributed by atoms with Gasteiger partial charge in [-0.1, -0.05) is 26.8 Å². The molecule has 1 aliphatic rings. The maximum absolute atomic E-state index is 12.1. The molecule has 0 amide bonds. The van der Waals surface area contributed by atoms with E-state index in [1.807, 2.05) is 34.6 Å². The van der Waals surface area contributed by atoms with Crippen LogP contribution in [0, 0.1) is 11.3 Å². The fourth-order valence-electron chi connectivity index (χ4n) is 1.41. The molecular weight excluding hydrogens is 202 g/mol. The third-order valence-corrected chi connectivity index (χ3v) is 3.21. The Labute approximate surface area is 97.6 Å². The van der Waals surface area contributed by atoms with Gasteiger partial charge in [-0.05, 0) is 19.3 Å². The number of carbonyl (C=O) groups is 1. The molecule has 0 aromatic heterocycles. The lowest BCUT2D eigenvalue weighted by atomic mass is 9.77. The SMILES string of the molecule is C=CC(C)(C)[C@@H](C)C(=O)C1=NC(C)(C)CO1. The van der Waals surface area contributed by atoms with Crippen LogP contribution in [0.3, 0.4) is 0 Å². The summed E-state index contributed by atoms with van der Waals surface area (Å²) >= 11 is 0. The van der Waals surface area contributed by atoms with Crippen molar-refractivity contribution in [3.05, 3.63) is 12.7 Å². The van der Waals surface area contributed by atoms with Crippen molar-refractivity contribution in [1.29, 1.82) is 0 Å².